The van der Waals surface area contributed by atoms with Gasteiger partial charge >= 0.3 is 0 Å². The van der Waals surface area contributed by atoms with Crippen LogP contribution in [0.2, 0.25) is 0 Å². The van der Waals surface area contributed by atoms with Gasteiger partial charge in [0, 0.05) is 38.2 Å². The van der Waals surface area contributed by atoms with E-state index in [4.69, 9.17) is 9.47 Å². The molecule has 0 unspecified atom stereocenters. The fourth-order valence-corrected chi connectivity index (χ4v) is 3.47. The number of morpholine rings is 1. The molecule has 0 aliphatic carbocycles. The summed E-state index contributed by atoms with van der Waals surface area (Å²) in [7, 11) is 0. The Morgan fingerprint density at radius 2 is 2.12 bits per heavy atom. The third-order valence-corrected chi connectivity index (χ3v) is 4.79. The average molecular weight is 336 g/mol. The Labute approximate surface area is 142 Å². The van der Waals surface area contributed by atoms with E-state index in [9.17, 15) is 9.18 Å². The molecule has 2 aliphatic rings. The van der Waals surface area contributed by atoms with Crippen molar-refractivity contribution in [1.29, 1.82) is 0 Å². The van der Waals surface area contributed by atoms with Crippen molar-refractivity contribution in [3.63, 3.8) is 0 Å². The molecule has 2 atom stereocenters. The smallest absolute Gasteiger partial charge is 0.224 e. The molecule has 1 aromatic carbocycles. The Morgan fingerprint density at radius 1 is 1.29 bits per heavy atom. The zero-order valence-corrected chi connectivity index (χ0v) is 13.9. The lowest BCUT2D eigenvalue weighted by Crippen LogP contribution is -2.52. The third-order valence-electron chi connectivity index (χ3n) is 4.79. The van der Waals surface area contributed by atoms with Gasteiger partial charge in [0.2, 0.25) is 5.91 Å². The number of carbonyl (C=O) groups is 1. The number of amides is 1. The number of nitrogens with zero attached hydrogens (tertiary/aromatic N) is 1. The molecule has 6 heteroatoms. The van der Waals surface area contributed by atoms with Crippen molar-refractivity contribution in [3.8, 4) is 0 Å². The molecule has 0 saturated carbocycles. The standard InChI is InChI=1S/C18H25FN2O3/c19-16-3-1-2-14(10-16)11-18(22)20-12-17(15-4-7-24-13-15)21-5-8-23-9-6-21/h1-3,10,15,17H,4-9,11-13H2,(H,20,22)/t15-,17+/m0/s1. The predicted octanol–water partition coefficient (Wildman–Crippen LogP) is 1.22. The number of hydrogen-bond donors (Lipinski definition) is 1. The minimum absolute atomic E-state index is 0.0715. The second-order valence-electron chi connectivity index (χ2n) is 6.45. The number of hydrogen-bond acceptors (Lipinski definition) is 4. The van der Waals surface area contributed by atoms with Crippen LogP contribution in [0.5, 0.6) is 0 Å². The Kier molecular flexibility index (Phi) is 6.18. The highest BCUT2D eigenvalue weighted by atomic mass is 19.1. The van der Waals surface area contributed by atoms with Gasteiger partial charge in [-0.3, -0.25) is 9.69 Å². The van der Waals surface area contributed by atoms with E-state index in [1.807, 2.05) is 0 Å². The molecule has 1 N–H and O–H groups in total. The minimum Gasteiger partial charge on any atom is -0.381 e. The molecular weight excluding hydrogens is 311 g/mol. The van der Waals surface area contributed by atoms with Crippen molar-refractivity contribution in [1.82, 2.24) is 10.2 Å². The van der Waals surface area contributed by atoms with Crippen molar-refractivity contribution in [2.75, 3.05) is 46.1 Å². The molecule has 24 heavy (non-hydrogen) atoms. The lowest BCUT2D eigenvalue weighted by Gasteiger charge is -2.37. The van der Waals surface area contributed by atoms with Crippen molar-refractivity contribution in [2.45, 2.75) is 18.9 Å². The van der Waals surface area contributed by atoms with Gasteiger partial charge in [0.1, 0.15) is 5.82 Å². The van der Waals surface area contributed by atoms with Gasteiger partial charge in [-0.15, -0.1) is 0 Å². The molecule has 5 nitrogen and oxygen atoms in total. The molecule has 0 bridgehead atoms. The summed E-state index contributed by atoms with van der Waals surface area (Å²) in [5.74, 6) is 0.0601. The summed E-state index contributed by atoms with van der Waals surface area (Å²) in [6.45, 7) is 5.40. The summed E-state index contributed by atoms with van der Waals surface area (Å²) in [6.07, 6.45) is 1.23. The Morgan fingerprint density at radius 3 is 2.83 bits per heavy atom. The number of rotatable bonds is 6. The molecule has 3 rings (SSSR count). The average Bonchev–Trinajstić information content (AvgIpc) is 3.10. The normalized spacial score (nSPS) is 23.1. The summed E-state index contributed by atoms with van der Waals surface area (Å²) < 4.78 is 24.2. The number of benzene rings is 1. The van der Waals surface area contributed by atoms with E-state index in [0.717, 1.165) is 45.9 Å². The summed E-state index contributed by atoms with van der Waals surface area (Å²) in [5.41, 5.74) is 0.694. The number of halogens is 1. The zero-order valence-electron chi connectivity index (χ0n) is 13.9. The van der Waals surface area contributed by atoms with E-state index in [0.29, 0.717) is 18.0 Å². The van der Waals surface area contributed by atoms with E-state index < -0.39 is 0 Å². The molecule has 132 valence electrons. The first-order valence-electron chi connectivity index (χ1n) is 8.63. The number of ether oxygens (including phenoxy) is 2. The van der Waals surface area contributed by atoms with Crippen LogP contribution >= 0.6 is 0 Å². The Hall–Kier alpha value is -1.50. The second kappa shape index (κ2) is 8.55. The van der Waals surface area contributed by atoms with Crippen LogP contribution in [0.3, 0.4) is 0 Å². The molecule has 0 spiro atoms. The first-order chi connectivity index (χ1) is 11.7. The van der Waals surface area contributed by atoms with Crippen LogP contribution in [0.15, 0.2) is 24.3 Å². The van der Waals surface area contributed by atoms with Gasteiger partial charge in [0.25, 0.3) is 0 Å². The van der Waals surface area contributed by atoms with Gasteiger partial charge in [-0.05, 0) is 24.1 Å². The highest BCUT2D eigenvalue weighted by Gasteiger charge is 2.31. The highest BCUT2D eigenvalue weighted by Crippen LogP contribution is 2.21. The topological polar surface area (TPSA) is 50.8 Å². The van der Waals surface area contributed by atoms with Gasteiger partial charge in [-0.1, -0.05) is 12.1 Å². The van der Waals surface area contributed by atoms with E-state index in [2.05, 4.69) is 10.2 Å². The number of nitrogens with one attached hydrogen (secondary N) is 1. The van der Waals surface area contributed by atoms with Crippen LogP contribution < -0.4 is 5.32 Å². The van der Waals surface area contributed by atoms with E-state index >= 15 is 0 Å². The first-order valence-corrected chi connectivity index (χ1v) is 8.63. The SMILES string of the molecule is O=C(Cc1cccc(F)c1)NC[C@H]([C@H]1CCOC1)N1CCOCC1. The molecule has 2 heterocycles. The molecule has 1 amide bonds. The monoisotopic (exact) mass is 336 g/mol. The highest BCUT2D eigenvalue weighted by molar-refractivity contribution is 5.78. The Balaban J connectivity index is 1.55. The van der Waals surface area contributed by atoms with Crippen LogP contribution in [0.4, 0.5) is 4.39 Å². The second-order valence-corrected chi connectivity index (χ2v) is 6.45. The molecule has 0 aromatic heterocycles. The lowest BCUT2D eigenvalue weighted by atomic mass is 9.96. The summed E-state index contributed by atoms with van der Waals surface area (Å²) in [5, 5.41) is 3.03. The van der Waals surface area contributed by atoms with Crippen LogP contribution in [0, 0.1) is 11.7 Å². The van der Waals surface area contributed by atoms with Crippen LogP contribution in [0.1, 0.15) is 12.0 Å². The van der Waals surface area contributed by atoms with Gasteiger partial charge in [-0.2, -0.15) is 0 Å². The van der Waals surface area contributed by atoms with E-state index in [1.54, 1.807) is 12.1 Å². The summed E-state index contributed by atoms with van der Waals surface area (Å²) in [6, 6.07) is 6.46. The van der Waals surface area contributed by atoms with Crippen molar-refractivity contribution < 1.29 is 18.7 Å². The van der Waals surface area contributed by atoms with Crippen LogP contribution in [0.25, 0.3) is 0 Å². The fraction of sp³-hybridized carbons (Fsp3) is 0.611. The van der Waals surface area contributed by atoms with E-state index in [-0.39, 0.29) is 24.2 Å². The molecule has 1 aromatic rings. The third kappa shape index (κ3) is 4.75. The fourth-order valence-electron chi connectivity index (χ4n) is 3.47. The minimum atomic E-state index is -0.311. The molecule has 2 fully saturated rings. The maximum absolute atomic E-state index is 13.2. The number of carbonyl (C=O) groups excluding carboxylic acids is 1. The summed E-state index contributed by atoms with van der Waals surface area (Å²) in [4.78, 5) is 14.6. The first kappa shape index (κ1) is 17.3. The van der Waals surface area contributed by atoms with Gasteiger partial charge in [0.15, 0.2) is 0 Å². The van der Waals surface area contributed by atoms with Gasteiger partial charge in [-0.25, -0.2) is 4.39 Å². The predicted molar refractivity (Wildman–Crippen MR) is 88.2 cm³/mol. The van der Waals surface area contributed by atoms with Gasteiger partial charge in [0.05, 0.1) is 26.2 Å². The largest absolute Gasteiger partial charge is 0.381 e. The van der Waals surface area contributed by atoms with Crippen molar-refractivity contribution in [2.24, 2.45) is 5.92 Å². The lowest BCUT2D eigenvalue weighted by molar-refractivity contribution is -0.120. The zero-order chi connectivity index (χ0) is 16.8. The van der Waals surface area contributed by atoms with Gasteiger partial charge < -0.3 is 14.8 Å². The van der Waals surface area contributed by atoms with Crippen LogP contribution in [-0.2, 0) is 20.7 Å². The van der Waals surface area contributed by atoms with E-state index in [1.165, 1.54) is 12.1 Å². The Bertz CT molecular complexity index is 543. The molecular formula is C18H25FN2O3. The van der Waals surface area contributed by atoms with Crippen LogP contribution in [-0.4, -0.2) is 62.9 Å². The molecule has 0 radical (unpaired) electrons. The maximum atomic E-state index is 13.2. The molecule has 2 aliphatic heterocycles. The maximum Gasteiger partial charge on any atom is 0.224 e. The van der Waals surface area contributed by atoms with Crippen molar-refractivity contribution in [3.05, 3.63) is 35.6 Å². The van der Waals surface area contributed by atoms with Crippen molar-refractivity contribution >= 4 is 5.91 Å². The summed E-state index contributed by atoms with van der Waals surface area (Å²) >= 11 is 0. The quantitative estimate of drug-likeness (QED) is 0.849. The molecule has 2 saturated heterocycles.